The van der Waals surface area contributed by atoms with Gasteiger partial charge in [-0.15, -0.1) is 0 Å². The van der Waals surface area contributed by atoms with Crippen molar-refractivity contribution in [1.29, 1.82) is 0 Å². The van der Waals surface area contributed by atoms with Crippen molar-refractivity contribution < 1.29 is 27.5 Å². The highest BCUT2D eigenvalue weighted by Crippen LogP contribution is 2.44. The summed E-state index contributed by atoms with van der Waals surface area (Å²) in [4.78, 5) is 17.3. The van der Waals surface area contributed by atoms with Crippen molar-refractivity contribution in [2.24, 2.45) is 17.8 Å². The molecule has 0 aromatic heterocycles. The lowest BCUT2D eigenvalue weighted by Gasteiger charge is -2.48. The number of amides is 1. The average Bonchev–Trinajstić information content (AvgIpc) is 3.22. The van der Waals surface area contributed by atoms with Crippen LogP contribution in [-0.2, 0) is 10.4 Å². The van der Waals surface area contributed by atoms with Crippen molar-refractivity contribution in [3.8, 4) is 0 Å². The van der Waals surface area contributed by atoms with Gasteiger partial charge < -0.3 is 14.9 Å². The summed E-state index contributed by atoms with van der Waals surface area (Å²) in [6.07, 6.45) is 0. The van der Waals surface area contributed by atoms with Crippen LogP contribution in [0.4, 0.5) is 17.6 Å². The fourth-order valence-corrected chi connectivity index (χ4v) is 5.74. The summed E-state index contributed by atoms with van der Waals surface area (Å²) in [5, 5.41) is 11.5. The Morgan fingerprint density at radius 2 is 1.49 bits per heavy atom. The maximum absolute atomic E-state index is 14.7. The number of benzene rings is 2. The number of likely N-dealkylation sites (tertiary alicyclic amines) is 2. The van der Waals surface area contributed by atoms with Crippen LogP contribution < -0.4 is 0 Å². The molecule has 188 valence electrons. The Balaban J connectivity index is 1.61. The van der Waals surface area contributed by atoms with E-state index in [1.54, 1.807) is 18.7 Å². The molecule has 0 bridgehead atoms. The average molecular weight is 491 g/mol. The van der Waals surface area contributed by atoms with Gasteiger partial charge in [-0.3, -0.25) is 4.79 Å². The third-order valence-electron chi connectivity index (χ3n) is 7.70. The number of carbonyl (C=O) groups excluding carboxylic acids is 1. The number of nitrogens with zero attached hydrogens (tertiary/aromatic N) is 2. The Labute approximate surface area is 202 Å². The second-order valence-electron chi connectivity index (χ2n) is 10.0. The van der Waals surface area contributed by atoms with E-state index in [0.717, 1.165) is 23.9 Å². The number of halogens is 4. The molecule has 4 rings (SSSR count). The molecule has 35 heavy (non-hydrogen) atoms. The highest BCUT2D eigenvalue weighted by atomic mass is 19.1. The Morgan fingerprint density at radius 3 is 2.03 bits per heavy atom. The Kier molecular flexibility index (Phi) is 6.70. The minimum absolute atomic E-state index is 0.00609. The van der Waals surface area contributed by atoms with E-state index in [2.05, 4.69) is 6.58 Å². The minimum atomic E-state index is -1.59. The van der Waals surface area contributed by atoms with Gasteiger partial charge >= 0.3 is 0 Å². The lowest BCUT2D eigenvalue weighted by atomic mass is 9.70. The fraction of sp³-hybridized carbons (Fsp3) is 0.444. The van der Waals surface area contributed by atoms with Crippen molar-refractivity contribution in [2.75, 3.05) is 26.2 Å². The molecule has 1 unspecified atom stereocenters. The zero-order valence-electron chi connectivity index (χ0n) is 20.1. The predicted octanol–water partition coefficient (Wildman–Crippen LogP) is 4.79. The lowest BCUT2D eigenvalue weighted by molar-refractivity contribution is -0.153. The van der Waals surface area contributed by atoms with Crippen LogP contribution in [0.2, 0.25) is 0 Å². The minimum Gasteiger partial charge on any atom is -0.384 e. The third-order valence-corrected chi connectivity index (χ3v) is 7.70. The number of rotatable bonds is 4. The molecule has 0 aliphatic carbocycles. The molecule has 1 amide bonds. The topological polar surface area (TPSA) is 43.8 Å². The van der Waals surface area contributed by atoms with Crippen molar-refractivity contribution in [2.45, 2.75) is 32.3 Å². The molecule has 2 aromatic rings. The van der Waals surface area contributed by atoms with Crippen molar-refractivity contribution in [3.63, 3.8) is 0 Å². The zero-order chi connectivity index (χ0) is 25.7. The summed E-state index contributed by atoms with van der Waals surface area (Å²) < 4.78 is 56.3. The van der Waals surface area contributed by atoms with E-state index in [1.807, 2.05) is 11.8 Å². The van der Waals surface area contributed by atoms with Crippen LogP contribution in [0, 0.1) is 41.0 Å². The van der Waals surface area contributed by atoms with Crippen LogP contribution in [0.25, 0.3) is 0 Å². The number of carbonyl (C=O) groups is 1. The summed E-state index contributed by atoms with van der Waals surface area (Å²) in [7, 11) is 0. The van der Waals surface area contributed by atoms with E-state index >= 15 is 0 Å². The number of hydrogen-bond acceptors (Lipinski definition) is 3. The molecule has 0 saturated carbocycles. The molecule has 4 nitrogen and oxygen atoms in total. The first-order valence-electron chi connectivity index (χ1n) is 11.8. The highest BCUT2D eigenvalue weighted by Gasteiger charge is 2.50. The van der Waals surface area contributed by atoms with Gasteiger partial charge in [0.1, 0.15) is 28.9 Å². The van der Waals surface area contributed by atoms with Crippen LogP contribution >= 0.6 is 0 Å². The van der Waals surface area contributed by atoms with Gasteiger partial charge in [-0.25, -0.2) is 17.6 Å². The van der Waals surface area contributed by atoms with Crippen molar-refractivity contribution in [3.05, 3.63) is 83.1 Å². The summed E-state index contributed by atoms with van der Waals surface area (Å²) in [6.45, 7) is 10.2. The van der Waals surface area contributed by atoms with Crippen LogP contribution in [0.1, 0.15) is 37.8 Å². The molecule has 2 heterocycles. The van der Waals surface area contributed by atoms with Gasteiger partial charge in [0.05, 0.1) is 5.92 Å². The summed E-state index contributed by atoms with van der Waals surface area (Å²) in [6, 6.07) is 6.50. The third kappa shape index (κ3) is 4.44. The molecule has 2 aliphatic rings. The van der Waals surface area contributed by atoms with E-state index in [0.29, 0.717) is 13.1 Å². The molecule has 2 aromatic carbocycles. The number of piperidine rings is 1. The maximum Gasteiger partial charge on any atom is 0.228 e. The molecule has 0 radical (unpaired) electrons. The SMILES string of the molecule is C=C(C)N1C[C@@H](C(=O)N2C[C@@H](C)C(O)(c3ccc(F)cc3F)[C@@H](C)C2)[C@H](c2ccc(F)cc2F)C1. The van der Waals surface area contributed by atoms with Crippen molar-refractivity contribution >= 4 is 5.91 Å². The first-order chi connectivity index (χ1) is 16.4. The molecule has 0 spiro atoms. The van der Waals surface area contributed by atoms with Gasteiger partial charge in [-0.05, 0) is 24.6 Å². The normalized spacial score (nSPS) is 28.9. The van der Waals surface area contributed by atoms with Gasteiger partial charge in [-0.1, -0.05) is 32.6 Å². The van der Waals surface area contributed by atoms with Crippen molar-refractivity contribution in [1.82, 2.24) is 9.80 Å². The molecule has 2 fully saturated rings. The molecule has 8 heteroatoms. The summed E-state index contributed by atoms with van der Waals surface area (Å²) in [5.74, 6) is -5.34. The van der Waals surface area contributed by atoms with Crippen LogP contribution in [-0.4, -0.2) is 47.0 Å². The van der Waals surface area contributed by atoms with E-state index in [1.165, 1.54) is 18.2 Å². The van der Waals surface area contributed by atoms with E-state index in [4.69, 9.17) is 0 Å². The fourth-order valence-electron chi connectivity index (χ4n) is 5.74. The monoisotopic (exact) mass is 490 g/mol. The Morgan fingerprint density at radius 1 is 0.914 bits per heavy atom. The Bertz CT molecular complexity index is 1140. The van der Waals surface area contributed by atoms with Crippen LogP contribution in [0.3, 0.4) is 0 Å². The number of allylic oxidation sites excluding steroid dienone is 1. The quantitative estimate of drug-likeness (QED) is 0.627. The predicted molar refractivity (Wildman–Crippen MR) is 124 cm³/mol. The van der Waals surface area contributed by atoms with E-state index in [-0.39, 0.29) is 30.1 Å². The first-order valence-corrected chi connectivity index (χ1v) is 11.8. The second-order valence-corrected chi connectivity index (χ2v) is 10.0. The summed E-state index contributed by atoms with van der Waals surface area (Å²) >= 11 is 0. The zero-order valence-corrected chi connectivity index (χ0v) is 20.1. The first kappa shape index (κ1) is 25.2. The van der Waals surface area contributed by atoms with Gasteiger partial charge in [0, 0.05) is 67.3 Å². The van der Waals surface area contributed by atoms with Gasteiger partial charge in [-0.2, -0.15) is 0 Å². The van der Waals surface area contributed by atoms with Gasteiger partial charge in [0.15, 0.2) is 0 Å². The second kappa shape index (κ2) is 9.30. The Hall–Kier alpha value is -2.87. The molecule has 5 atom stereocenters. The number of aliphatic hydroxyl groups is 1. The number of hydrogen-bond donors (Lipinski definition) is 1. The standard InChI is InChI=1S/C27H30F4N2O2/c1-15(2)32-13-21(20-7-5-18(28)9-24(20)30)22(14-32)26(34)33-11-16(3)27(35,17(4)12-33)23-8-6-19(29)10-25(23)31/h5-10,16-17,21-22,35H,1,11-14H2,2-4H3/t16-,17+,21-,22+,27?/m0/s1. The molecular formula is C27H30F4N2O2. The lowest BCUT2D eigenvalue weighted by Crippen LogP contribution is -2.57. The van der Waals surface area contributed by atoms with E-state index in [9.17, 15) is 27.5 Å². The van der Waals surface area contributed by atoms with E-state index < -0.39 is 52.5 Å². The van der Waals surface area contributed by atoms with Crippen LogP contribution in [0.15, 0.2) is 48.7 Å². The molecule has 2 aliphatic heterocycles. The summed E-state index contributed by atoms with van der Waals surface area (Å²) in [5.41, 5.74) is -0.561. The van der Waals surface area contributed by atoms with Gasteiger partial charge in [0.25, 0.3) is 0 Å². The molecule has 1 N–H and O–H groups in total. The largest absolute Gasteiger partial charge is 0.384 e. The molecular weight excluding hydrogens is 460 g/mol. The smallest absolute Gasteiger partial charge is 0.228 e. The van der Waals surface area contributed by atoms with Gasteiger partial charge in [0.2, 0.25) is 5.91 Å². The maximum atomic E-state index is 14.7. The van der Waals surface area contributed by atoms with Crippen LogP contribution in [0.5, 0.6) is 0 Å². The highest BCUT2D eigenvalue weighted by molar-refractivity contribution is 5.81. The molecule has 2 saturated heterocycles.